The number of nitrogens with zero attached hydrogens (tertiary/aromatic N) is 4. The van der Waals surface area contributed by atoms with Crippen molar-refractivity contribution < 1.29 is 9.59 Å². The molecule has 170 valence electrons. The Hall–Kier alpha value is -2.78. The van der Waals surface area contributed by atoms with Crippen molar-refractivity contribution in [1.29, 1.82) is 0 Å². The molecule has 5 rings (SSSR count). The van der Waals surface area contributed by atoms with E-state index in [-0.39, 0.29) is 23.4 Å². The standard InChI is InChI=1S/C24H25N5O2S2/c1-13(2)21-26-23-20(17-6-4-5-7-19(17)33-23)22-27-28-24(29(21)22)32-12-18(31)15-8-10-16(11-9-15)25-14(3)30/h8-11,13H,4-7,12H2,1-3H3,(H,25,30). The Morgan fingerprint density at radius 2 is 1.91 bits per heavy atom. The summed E-state index contributed by atoms with van der Waals surface area (Å²) in [5.41, 5.74) is 3.51. The average Bonchev–Trinajstić information content (AvgIpc) is 3.38. The summed E-state index contributed by atoms with van der Waals surface area (Å²) in [6, 6.07) is 6.95. The van der Waals surface area contributed by atoms with Crippen molar-refractivity contribution in [2.24, 2.45) is 0 Å². The molecule has 0 spiro atoms. The lowest BCUT2D eigenvalue weighted by molar-refractivity contribution is -0.114. The van der Waals surface area contributed by atoms with Crippen LogP contribution in [0.1, 0.15) is 66.2 Å². The first kappa shape index (κ1) is 22.0. The Morgan fingerprint density at radius 3 is 2.64 bits per heavy atom. The molecule has 1 aromatic carbocycles. The molecule has 0 fully saturated rings. The number of ketones is 1. The van der Waals surface area contributed by atoms with Crippen LogP contribution in [0.5, 0.6) is 0 Å². The third kappa shape index (κ3) is 4.15. The fraction of sp³-hybridized carbons (Fsp3) is 0.375. The van der Waals surface area contributed by atoms with Crippen molar-refractivity contribution >= 4 is 56.3 Å². The number of thioether (sulfide) groups is 1. The van der Waals surface area contributed by atoms with Gasteiger partial charge in [-0.05, 0) is 55.5 Å². The van der Waals surface area contributed by atoms with E-state index in [4.69, 9.17) is 4.98 Å². The van der Waals surface area contributed by atoms with Crippen molar-refractivity contribution in [3.63, 3.8) is 0 Å². The summed E-state index contributed by atoms with van der Waals surface area (Å²) >= 11 is 3.18. The Morgan fingerprint density at radius 1 is 1.15 bits per heavy atom. The molecule has 33 heavy (non-hydrogen) atoms. The van der Waals surface area contributed by atoms with Gasteiger partial charge in [-0.3, -0.25) is 14.0 Å². The summed E-state index contributed by atoms with van der Waals surface area (Å²) in [6.07, 6.45) is 4.61. The lowest BCUT2D eigenvalue weighted by atomic mass is 9.97. The van der Waals surface area contributed by atoms with Crippen LogP contribution in [0.15, 0.2) is 29.4 Å². The van der Waals surface area contributed by atoms with Gasteiger partial charge in [-0.15, -0.1) is 21.5 Å². The number of hydrogen-bond acceptors (Lipinski definition) is 7. The zero-order valence-corrected chi connectivity index (χ0v) is 20.5. The van der Waals surface area contributed by atoms with Gasteiger partial charge < -0.3 is 5.32 Å². The second-order valence-corrected chi connectivity index (χ2v) is 10.7. The number of carbonyl (C=O) groups excluding carboxylic acids is 2. The summed E-state index contributed by atoms with van der Waals surface area (Å²) in [5, 5.41) is 13.6. The number of fused-ring (bicyclic) bond motifs is 5. The maximum atomic E-state index is 12.8. The van der Waals surface area contributed by atoms with Gasteiger partial charge in [0.05, 0.1) is 11.1 Å². The highest BCUT2D eigenvalue weighted by molar-refractivity contribution is 7.99. The predicted octanol–water partition coefficient (Wildman–Crippen LogP) is 5.27. The molecule has 0 aliphatic heterocycles. The highest BCUT2D eigenvalue weighted by Crippen LogP contribution is 2.39. The van der Waals surface area contributed by atoms with E-state index in [1.165, 1.54) is 42.0 Å². The second kappa shape index (κ2) is 8.87. The molecule has 3 heterocycles. The van der Waals surface area contributed by atoms with Crippen LogP contribution in [0.4, 0.5) is 5.69 Å². The fourth-order valence-corrected chi connectivity index (χ4v) is 6.39. The van der Waals surface area contributed by atoms with Gasteiger partial charge >= 0.3 is 0 Å². The van der Waals surface area contributed by atoms with Gasteiger partial charge in [0.1, 0.15) is 10.7 Å². The largest absolute Gasteiger partial charge is 0.326 e. The molecular formula is C24H25N5O2S2. The summed E-state index contributed by atoms with van der Waals surface area (Å²) < 4.78 is 2.05. The smallest absolute Gasteiger partial charge is 0.221 e. The number of aromatic nitrogens is 4. The van der Waals surface area contributed by atoms with Crippen molar-refractivity contribution in [2.75, 3.05) is 11.1 Å². The van der Waals surface area contributed by atoms with E-state index >= 15 is 0 Å². The van der Waals surface area contributed by atoms with Gasteiger partial charge in [-0.25, -0.2) is 4.98 Å². The van der Waals surface area contributed by atoms with Crippen LogP contribution < -0.4 is 5.32 Å². The van der Waals surface area contributed by atoms with Crippen molar-refractivity contribution in [1.82, 2.24) is 19.6 Å². The van der Waals surface area contributed by atoms with Crippen LogP contribution in [0.25, 0.3) is 15.9 Å². The number of aryl methyl sites for hydroxylation is 2. The molecule has 4 aromatic rings. The Bertz CT molecular complexity index is 1370. The first-order valence-electron chi connectivity index (χ1n) is 11.1. The molecule has 0 saturated carbocycles. The fourth-order valence-electron chi connectivity index (χ4n) is 4.29. The minimum atomic E-state index is -0.140. The maximum absolute atomic E-state index is 12.8. The predicted molar refractivity (Wildman–Crippen MR) is 133 cm³/mol. The quantitative estimate of drug-likeness (QED) is 0.299. The normalized spacial score (nSPS) is 13.6. The molecule has 0 atom stereocenters. The summed E-state index contributed by atoms with van der Waals surface area (Å²) in [7, 11) is 0. The van der Waals surface area contributed by atoms with E-state index in [0.717, 1.165) is 34.5 Å². The van der Waals surface area contributed by atoms with Crippen molar-refractivity contribution in [3.05, 3.63) is 46.1 Å². The second-order valence-electron chi connectivity index (χ2n) is 8.63. The summed E-state index contributed by atoms with van der Waals surface area (Å²) in [4.78, 5) is 31.5. The number of nitrogens with one attached hydrogen (secondary N) is 1. The monoisotopic (exact) mass is 479 g/mol. The molecule has 7 nitrogen and oxygen atoms in total. The average molecular weight is 480 g/mol. The molecule has 3 aromatic heterocycles. The number of carbonyl (C=O) groups is 2. The molecule has 0 radical (unpaired) electrons. The number of amides is 1. The van der Waals surface area contributed by atoms with E-state index in [1.54, 1.807) is 35.6 Å². The van der Waals surface area contributed by atoms with Crippen LogP contribution in [-0.2, 0) is 17.6 Å². The molecule has 1 amide bonds. The topological polar surface area (TPSA) is 89.2 Å². The van der Waals surface area contributed by atoms with E-state index < -0.39 is 0 Å². The number of hydrogen-bond donors (Lipinski definition) is 1. The third-order valence-electron chi connectivity index (χ3n) is 5.83. The van der Waals surface area contributed by atoms with E-state index in [1.807, 2.05) is 4.40 Å². The van der Waals surface area contributed by atoms with Gasteiger partial charge in [0, 0.05) is 29.0 Å². The van der Waals surface area contributed by atoms with Crippen molar-refractivity contribution in [3.8, 4) is 0 Å². The number of anilines is 1. The third-order valence-corrected chi connectivity index (χ3v) is 7.95. The molecule has 0 saturated heterocycles. The molecule has 0 bridgehead atoms. The number of rotatable bonds is 6. The van der Waals surface area contributed by atoms with Gasteiger partial charge in [-0.1, -0.05) is 25.6 Å². The SMILES string of the molecule is CC(=O)Nc1ccc(C(=O)CSc2nnc3c4c5c(sc4nc(C(C)C)n23)CCCC5)cc1. The van der Waals surface area contributed by atoms with Gasteiger partial charge in [0.25, 0.3) is 0 Å². The summed E-state index contributed by atoms with van der Waals surface area (Å²) in [6.45, 7) is 5.70. The Balaban J connectivity index is 1.46. The number of thiophene rings is 1. The molecule has 9 heteroatoms. The lowest BCUT2D eigenvalue weighted by Crippen LogP contribution is -2.08. The molecular weight excluding hydrogens is 454 g/mol. The van der Waals surface area contributed by atoms with Crippen LogP contribution in [-0.4, -0.2) is 37.0 Å². The molecule has 1 aliphatic carbocycles. The number of benzene rings is 1. The molecule has 1 aliphatic rings. The van der Waals surface area contributed by atoms with Crippen LogP contribution in [0, 0.1) is 0 Å². The molecule has 0 unspecified atom stereocenters. The zero-order chi connectivity index (χ0) is 23.1. The van der Waals surface area contributed by atoms with Gasteiger partial charge in [0.2, 0.25) is 5.91 Å². The van der Waals surface area contributed by atoms with E-state index in [0.29, 0.717) is 16.4 Å². The van der Waals surface area contributed by atoms with Gasteiger partial charge in [-0.2, -0.15) is 0 Å². The van der Waals surface area contributed by atoms with Crippen molar-refractivity contribution in [2.45, 2.75) is 57.5 Å². The summed E-state index contributed by atoms with van der Waals surface area (Å²) in [5.74, 6) is 1.23. The minimum absolute atomic E-state index is 0.000767. The van der Waals surface area contributed by atoms with Crippen LogP contribution in [0.3, 0.4) is 0 Å². The zero-order valence-electron chi connectivity index (χ0n) is 18.8. The number of Topliss-reactive ketones (excluding diaryl/α,β-unsaturated/α-hetero) is 1. The van der Waals surface area contributed by atoms with E-state index in [2.05, 4.69) is 29.4 Å². The molecule has 1 N–H and O–H groups in total. The van der Waals surface area contributed by atoms with Crippen LogP contribution >= 0.6 is 23.1 Å². The Kier molecular flexibility index (Phi) is 5.92. The Labute approximate surface area is 200 Å². The maximum Gasteiger partial charge on any atom is 0.221 e. The van der Waals surface area contributed by atoms with Crippen LogP contribution in [0.2, 0.25) is 0 Å². The minimum Gasteiger partial charge on any atom is -0.326 e. The first-order valence-corrected chi connectivity index (χ1v) is 13.0. The van der Waals surface area contributed by atoms with Gasteiger partial charge in [0.15, 0.2) is 16.6 Å². The first-order chi connectivity index (χ1) is 15.9. The highest BCUT2D eigenvalue weighted by atomic mass is 32.2. The highest BCUT2D eigenvalue weighted by Gasteiger charge is 2.24. The lowest BCUT2D eigenvalue weighted by Gasteiger charge is -2.12. The van der Waals surface area contributed by atoms with E-state index in [9.17, 15) is 9.59 Å².